The van der Waals surface area contributed by atoms with Gasteiger partial charge in [-0.3, -0.25) is 14.4 Å². The summed E-state index contributed by atoms with van der Waals surface area (Å²) in [6.45, 7) is 6.24. The topological polar surface area (TPSA) is 116 Å². The summed E-state index contributed by atoms with van der Waals surface area (Å²) < 4.78 is 0. The fraction of sp³-hybridized carbons (Fsp3) is 0.444. The zero-order valence-electron chi connectivity index (χ0n) is 15.7. The fourth-order valence-electron chi connectivity index (χ4n) is 2.17. The number of carboxylic acids is 1. The number of benzene rings is 1. The van der Waals surface area contributed by atoms with E-state index in [0.29, 0.717) is 5.69 Å². The Morgan fingerprint density at radius 1 is 1.19 bits per heavy atom. The predicted molar refractivity (Wildman–Crippen MR) is 102 cm³/mol. The zero-order valence-corrected chi connectivity index (χ0v) is 16.5. The Labute approximate surface area is 162 Å². The van der Waals surface area contributed by atoms with Crippen LogP contribution in [-0.2, 0) is 14.4 Å². The summed E-state index contributed by atoms with van der Waals surface area (Å²) in [5.74, 6) is -2.56. The van der Waals surface area contributed by atoms with Crippen molar-refractivity contribution < 1.29 is 24.3 Å². The minimum atomic E-state index is -1.19. The molecule has 0 radical (unpaired) electrons. The summed E-state index contributed by atoms with van der Waals surface area (Å²) in [5, 5.41) is 14.6. The maximum Gasteiger partial charge on any atom is 0.326 e. The first kappa shape index (κ1) is 22.4. The lowest BCUT2D eigenvalue weighted by Gasteiger charge is -2.27. The van der Waals surface area contributed by atoms with Crippen LogP contribution >= 0.6 is 11.6 Å². The van der Waals surface area contributed by atoms with Crippen molar-refractivity contribution in [3.63, 3.8) is 0 Å². The Balaban J connectivity index is 3.13. The maximum atomic E-state index is 12.9. The van der Waals surface area contributed by atoms with Crippen molar-refractivity contribution in [1.29, 1.82) is 0 Å². The van der Waals surface area contributed by atoms with Crippen molar-refractivity contribution >= 4 is 41.0 Å². The molecule has 8 nitrogen and oxygen atoms in total. The van der Waals surface area contributed by atoms with E-state index >= 15 is 0 Å². The first-order valence-electron chi connectivity index (χ1n) is 8.43. The Hall–Kier alpha value is -2.61. The molecule has 1 unspecified atom stereocenters. The molecule has 1 aromatic rings. The van der Waals surface area contributed by atoms with Gasteiger partial charge in [-0.2, -0.15) is 0 Å². The van der Waals surface area contributed by atoms with Gasteiger partial charge in [0.2, 0.25) is 11.8 Å². The second-order valence-electron chi connectivity index (χ2n) is 6.33. The van der Waals surface area contributed by atoms with Crippen molar-refractivity contribution in [1.82, 2.24) is 10.2 Å². The fourth-order valence-corrected chi connectivity index (χ4v) is 2.36. The third-order valence-corrected chi connectivity index (χ3v) is 4.13. The van der Waals surface area contributed by atoms with E-state index in [1.807, 2.05) is 0 Å². The predicted octanol–water partition coefficient (Wildman–Crippen LogP) is 1.99. The number of aliphatic carboxylic acids is 1. The Bertz CT molecular complexity index is 736. The van der Waals surface area contributed by atoms with Gasteiger partial charge in [0.15, 0.2) is 0 Å². The maximum absolute atomic E-state index is 12.9. The molecule has 0 heterocycles. The van der Waals surface area contributed by atoms with Gasteiger partial charge in [0.25, 0.3) is 5.91 Å². The van der Waals surface area contributed by atoms with Gasteiger partial charge in [-0.05, 0) is 25.1 Å². The third kappa shape index (κ3) is 6.56. The van der Waals surface area contributed by atoms with Crippen LogP contribution in [0.15, 0.2) is 18.2 Å². The molecule has 1 aromatic carbocycles. The number of carboxylic acid groups (broad SMARTS) is 1. The van der Waals surface area contributed by atoms with Crippen LogP contribution in [0.1, 0.15) is 38.1 Å². The lowest BCUT2D eigenvalue weighted by molar-refractivity contribution is -0.141. The summed E-state index contributed by atoms with van der Waals surface area (Å²) in [7, 11) is 0. The molecule has 0 aliphatic rings. The summed E-state index contributed by atoms with van der Waals surface area (Å²) in [4.78, 5) is 48.3. The highest BCUT2D eigenvalue weighted by Gasteiger charge is 2.28. The Morgan fingerprint density at radius 3 is 2.33 bits per heavy atom. The zero-order chi connectivity index (χ0) is 20.7. The quantitative estimate of drug-likeness (QED) is 0.620. The monoisotopic (exact) mass is 397 g/mol. The van der Waals surface area contributed by atoms with Gasteiger partial charge >= 0.3 is 5.97 Å². The summed E-state index contributed by atoms with van der Waals surface area (Å²) in [6.07, 6.45) is 0. The van der Waals surface area contributed by atoms with E-state index in [1.165, 1.54) is 26.0 Å². The highest BCUT2D eigenvalue weighted by molar-refractivity contribution is 6.34. The number of halogens is 1. The Morgan fingerprint density at radius 2 is 1.81 bits per heavy atom. The van der Waals surface area contributed by atoms with Gasteiger partial charge in [-0.25, -0.2) is 4.79 Å². The molecule has 148 valence electrons. The number of nitrogens with one attached hydrogen (secondary N) is 2. The van der Waals surface area contributed by atoms with E-state index in [2.05, 4.69) is 10.6 Å². The standard InChI is InChI=1S/C18H24ClN3O5/c1-10(2)16(24)21-13-5-6-15(19)14(9-13)17(25)22(11(3)18(26)27)8-7-20-12(4)23/h5-6,9-11H,7-8H2,1-4H3,(H,20,23)(H,21,24)(H,26,27). The second-order valence-corrected chi connectivity index (χ2v) is 6.74. The van der Waals surface area contributed by atoms with E-state index < -0.39 is 17.9 Å². The van der Waals surface area contributed by atoms with Crippen LogP contribution in [-0.4, -0.2) is 52.8 Å². The van der Waals surface area contributed by atoms with Gasteiger partial charge < -0.3 is 20.6 Å². The number of nitrogens with zero attached hydrogens (tertiary/aromatic N) is 1. The third-order valence-electron chi connectivity index (χ3n) is 3.80. The molecule has 0 aliphatic heterocycles. The molecule has 1 rings (SSSR count). The normalized spacial score (nSPS) is 11.6. The van der Waals surface area contributed by atoms with Crippen molar-refractivity contribution in [3.8, 4) is 0 Å². The van der Waals surface area contributed by atoms with Crippen LogP contribution in [0.25, 0.3) is 0 Å². The average Bonchev–Trinajstić information content (AvgIpc) is 2.58. The molecule has 0 aromatic heterocycles. The molecular weight excluding hydrogens is 374 g/mol. The van der Waals surface area contributed by atoms with Crippen LogP contribution in [0.2, 0.25) is 5.02 Å². The van der Waals surface area contributed by atoms with E-state index in [4.69, 9.17) is 11.6 Å². The minimum absolute atomic E-state index is 0.00914. The smallest absolute Gasteiger partial charge is 0.326 e. The van der Waals surface area contributed by atoms with Gasteiger partial charge in [-0.15, -0.1) is 0 Å². The van der Waals surface area contributed by atoms with Crippen molar-refractivity contribution in [2.45, 2.75) is 33.7 Å². The number of anilines is 1. The first-order chi connectivity index (χ1) is 12.5. The molecule has 0 fully saturated rings. The largest absolute Gasteiger partial charge is 0.480 e. The van der Waals surface area contributed by atoms with Gasteiger partial charge in [0, 0.05) is 31.6 Å². The Kier molecular flexibility index (Phi) is 8.24. The van der Waals surface area contributed by atoms with Crippen molar-refractivity contribution in [2.24, 2.45) is 5.92 Å². The molecular formula is C18H24ClN3O5. The van der Waals surface area contributed by atoms with Crippen LogP contribution < -0.4 is 10.6 Å². The number of hydrogen-bond donors (Lipinski definition) is 3. The molecule has 3 amide bonds. The summed E-state index contributed by atoms with van der Waals surface area (Å²) in [6, 6.07) is 3.30. The van der Waals surface area contributed by atoms with Crippen molar-refractivity contribution in [3.05, 3.63) is 28.8 Å². The minimum Gasteiger partial charge on any atom is -0.480 e. The van der Waals surface area contributed by atoms with E-state index in [-0.39, 0.29) is 41.4 Å². The molecule has 9 heteroatoms. The number of amides is 3. The molecule has 0 saturated carbocycles. The van der Waals surface area contributed by atoms with E-state index in [9.17, 15) is 24.3 Å². The highest BCUT2D eigenvalue weighted by Crippen LogP contribution is 2.23. The number of hydrogen-bond acceptors (Lipinski definition) is 4. The summed E-state index contributed by atoms with van der Waals surface area (Å²) in [5.41, 5.74) is 0.445. The first-order valence-corrected chi connectivity index (χ1v) is 8.81. The van der Waals surface area contributed by atoms with E-state index in [0.717, 1.165) is 4.90 Å². The number of carbonyl (C=O) groups is 4. The van der Waals surface area contributed by atoms with E-state index in [1.54, 1.807) is 19.9 Å². The highest BCUT2D eigenvalue weighted by atomic mass is 35.5. The molecule has 0 saturated heterocycles. The van der Waals surface area contributed by atoms with Gasteiger partial charge in [-0.1, -0.05) is 25.4 Å². The average molecular weight is 398 g/mol. The molecule has 0 spiro atoms. The van der Waals surface area contributed by atoms with Gasteiger partial charge in [0.1, 0.15) is 6.04 Å². The number of rotatable bonds is 8. The SMILES string of the molecule is CC(=O)NCCN(C(=O)c1cc(NC(=O)C(C)C)ccc1Cl)C(C)C(=O)O. The van der Waals surface area contributed by atoms with Crippen LogP contribution in [0.3, 0.4) is 0 Å². The molecule has 1 atom stereocenters. The molecule has 0 aliphatic carbocycles. The molecule has 27 heavy (non-hydrogen) atoms. The second kappa shape index (κ2) is 9.91. The lowest BCUT2D eigenvalue weighted by Crippen LogP contribution is -2.46. The summed E-state index contributed by atoms with van der Waals surface area (Å²) >= 11 is 6.13. The van der Waals surface area contributed by atoms with Crippen molar-refractivity contribution in [2.75, 3.05) is 18.4 Å². The molecule has 0 bridgehead atoms. The number of carbonyl (C=O) groups excluding carboxylic acids is 3. The van der Waals surface area contributed by atoms with Crippen LogP contribution in [0, 0.1) is 5.92 Å². The molecule has 3 N–H and O–H groups in total. The lowest BCUT2D eigenvalue weighted by atomic mass is 10.1. The van der Waals surface area contributed by atoms with Crippen LogP contribution in [0.4, 0.5) is 5.69 Å². The van der Waals surface area contributed by atoms with Crippen LogP contribution in [0.5, 0.6) is 0 Å². The van der Waals surface area contributed by atoms with Gasteiger partial charge in [0.05, 0.1) is 10.6 Å².